The van der Waals surface area contributed by atoms with Crippen molar-refractivity contribution in [1.82, 2.24) is 0 Å². The summed E-state index contributed by atoms with van der Waals surface area (Å²) in [5.74, 6) is 0. The number of hydrogen-bond donors (Lipinski definition) is 1. The van der Waals surface area contributed by atoms with Crippen molar-refractivity contribution in [2.24, 2.45) is 0 Å². The fourth-order valence-electron chi connectivity index (χ4n) is 0. The smallest absolute Gasteiger partial charge is 0.356 e. The molecular weight excluding hydrogens is 387 g/mol. The minimum atomic E-state index is -1.75. The van der Waals surface area contributed by atoms with E-state index in [1.807, 2.05) is 0 Å². The minimum absolute atomic E-state index is 0. The maximum Gasteiger partial charge on any atom is 2.00 e. The number of hydrogen-bond acceptors (Lipinski definition) is 8. The molecule has 0 fully saturated rings. The summed E-state index contributed by atoms with van der Waals surface area (Å²) in [4.78, 5) is 24.9. The molecule has 0 amide bonds. The van der Waals surface area contributed by atoms with E-state index in [2.05, 4.69) is 0 Å². The van der Waals surface area contributed by atoms with Crippen LogP contribution in [0.3, 0.4) is 0 Å². The first-order valence-electron chi connectivity index (χ1n) is 1.66. The molecule has 0 rings (SSSR count). The van der Waals surface area contributed by atoms with Gasteiger partial charge in [0.1, 0.15) is 0 Å². The topological polar surface area (TPSA) is 196 Å². The molecular formula is HHgN3O9. The molecule has 0 aromatic heterocycles. The molecule has 0 radical (unpaired) electrons. The molecule has 0 atom stereocenters. The Kier molecular flexibility index (Phi) is 29.3. The van der Waals surface area contributed by atoms with E-state index in [1.54, 1.807) is 0 Å². The fraction of sp³-hybridized carbons (Fsp3) is 0. The summed E-state index contributed by atoms with van der Waals surface area (Å²) in [7, 11) is 0. The normalized spacial score (nSPS) is 5.54. The predicted molar refractivity (Wildman–Crippen MR) is 29.5 cm³/mol. The van der Waals surface area contributed by atoms with Crippen LogP contribution in [-0.4, -0.2) is 20.5 Å². The molecule has 0 aromatic carbocycles. The maximum absolute atomic E-state index is 8.36. The van der Waals surface area contributed by atoms with Gasteiger partial charge in [-0.1, -0.05) is 0 Å². The molecule has 0 heterocycles. The Hall–Kier alpha value is -1.46. The van der Waals surface area contributed by atoms with Crippen LogP contribution >= 0.6 is 0 Å². The summed E-state index contributed by atoms with van der Waals surface area (Å²) >= 11 is 0. The molecule has 0 aliphatic rings. The van der Waals surface area contributed by atoms with Crippen molar-refractivity contribution in [3.63, 3.8) is 0 Å². The minimum Gasteiger partial charge on any atom is -0.356 e. The zero-order valence-corrected chi connectivity index (χ0v) is 11.3. The Morgan fingerprint density at radius 3 is 0.769 bits per heavy atom. The Bertz CT molecular complexity index is 112. The number of nitrogens with zero attached hydrogens (tertiary/aromatic N) is 3. The van der Waals surface area contributed by atoms with Crippen LogP contribution < -0.4 is 0 Å². The van der Waals surface area contributed by atoms with E-state index in [0.29, 0.717) is 0 Å². The molecule has 13 heavy (non-hydrogen) atoms. The molecule has 13 heteroatoms. The summed E-state index contributed by atoms with van der Waals surface area (Å²) in [6, 6.07) is 0. The molecule has 72 valence electrons. The molecule has 0 aliphatic heterocycles. The average Bonchev–Trinajstić information content (AvgIpc) is 1.54. The summed E-state index contributed by atoms with van der Waals surface area (Å²) in [6.07, 6.45) is 0. The first kappa shape index (κ1) is 22.5. The molecule has 0 saturated heterocycles. The third-order valence-corrected chi connectivity index (χ3v) is 0. The summed E-state index contributed by atoms with van der Waals surface area (Å²) in [5.41, 5.74) is 0. The van der Waals surface area contributed by atoms with Crippen LogP contribution in [0.2, 0.25) is 0 Å². The quantitative estimate of drug-likeness (QED) is 0.313. The molecule has 0 aliphatic carbocycles. The van der Waals surface area contributed by atoms with Gasteiger partial charge in [0.2, 0.25) is 0 Å². The third-order valence-electron chi connectivity index (χ3n) is 0. The predicted octanol–water partition coefficient (Wildman–Crippen LogP) is -0.828. The number of rotatable bonds is 0. The average molecular weight is 388 g/mol. The Morgan fingerprint density at radius 1 is 0.769 bits per heavy atom. The Morgan fingerprint density at radius 2 is 0.769 bits per heavy atom. The van der Waals surface area contributed by atoms with Crippen LogP contribution in [0, 0.1) is 40.8 Å². The van der Waals surface area contributed by atoms with Gasteiger partial charge >= 0.3 is 27.7 Å². The van der Waals surface area contributed by atoms with E-state index in [-0.39, 0.29) is 27.7 Å². The second-order valence-electron chi connectivity index (χ2n) is 0.685. The first-order valence-corrected chi connectivity index (χ1v) is 1.66. The molecule has 0 bridgehead atoms. The maximum atomic E-state index is 8.36. The van der Waals surface area contributed by atoms with Gasteiger partial charge in [0.05, 0.1) is 10.2 Å². The standard InChI is InChI=1S/Hg.HNO3.2NO3/c;3*2-1(3)4/h;(H,2,3,4);;/q+2;;2*-1. The van der Waals surface area contributed by atoms with Crippen LogP contribution in [0.1, 0.15) is 0 Å². The van der Waals surface area contributed by atoms with Crippen LogP contribution in [0.15, 0.2) is 0 Å². The summed E-state index contributed by atoms with van der Waals surface area (Å²) < 4.78 is 0. The fourth-order valence-corrected chi connectivity index (χ4v) is 0. The van der Waals surface area contributed by atoms with E-state index in [4.69, 9.17) is 46.0 Å². The van der Waals surface area contributed by atoms with Crippen LogP contribution in [-0.2, 0) is 27.7 Å². The van der Waals surface area contributed by atoms with Gasteiger partial charge in [0, 0.05) is 0 Å². The van der Waals surface area contributed by atoms with Crippen molar-refractivity contribution < 1.29 is 48.1 Å². The van der Waals surface area contributed by atoms with Crippen LogP contribution in [0.5, 0.6) is 0 Å². The zero-order valence-electron chi connectivity index (χ0n) is 5.76. The van der Waals surface area contributed by atoms with Crippen molar-refractivity contribution in [1.29, 1.82) is 0 Å². The summed E-state index contributed by atoms with van der Waals surface area (Å²) in [5, 5.41) is 43.1. The third kappa shape index (κ3) is 358. The van der Waals surface area contributed by atoms with Gasteiger partial charge in [-0.25, -0.2) is 0 Å². The monoisotopic (exact) mass is 389 g/mol. The van der Waals surface area contributed by atoms with E-state index < -0.39 is 15.3 Å². The first-order chi connectivity index (χ1) is 5.20. The second kappa shape index (κ2) is 16.9. The largest absolute Gasteiger partial charge is 2.00 e. The van der Waals surface area contributed by atoms with Crippen molar-refractivity contribution in [3.05, 3.63) is 40.8 Å². The van der Waals surface area contributed by atoms with E-state index in [9.17, 15) is 0 Å². The van der Waals surface area contributed by atoms with E-state index in [0.717, 1.165) is 0 Å². The van der Waals surface area contributed by atoms with Crippen LogP contribution in [0.4, 0.5) is 0 Å². The molecule has 0 unspecified atom stereocenters. The Labute approximate surface area is 89.2 Å². The van der Waals surface area contributed by atoms with Crippen molar-refractivity contribution in [3.8, 4) is 0 Å². The van der Waals surface area contributed by atoms with Gasteiger partial charge in [-0.05, 0) is 0 Å². The van der Waals surface area contributed by atoms with Gasteiger partial charge in [0.15, 0.2) is 0 Å². The van der Waals surface area contributed by atoms with Crippen molar-refractivity contribution in [2.75, 3.05) is 0 Å². The van der Waals surface area contributed by atoms with Crippen molar-refractivity contribution >= 4 is 0 Å². The summed E-state index contributed by atoms with van der Waals surface area (Å²) in [6.45, 7) is 0. The molecule has 0 saturated carbocycles. The van der Waals surface area contributed by atoms with Gasteiger partial charge in [-0.3, -0.25) is 0 Å². The van der Waals surface area contributed by atoms with Crippen LogP contribution in [0.25, 0.3) is 0 Å². The van der Waals surface area contributed by atoms with E-state index in [1.165, 1.54) is 0 Å². The molecule has 12 nitrogen and oxygen atoms in total. The molecule has 0 aromatic rings. The molecule has 1 N–H and O–H groups in total. The Balaban J connectivity index is -0.0000000450. The van der Waals surface area contributed by atoms with Gasteiger partial charge < -0.3 is 35.9 Å². The van der Waals surface area contributed by atoms with Gasteiger partial charge in [-0.2, -0.15) is 0 Å². The molecule has 0 spiro atoms. The van der Waals surface area contributed by atoms with E-state index >= 15 is 0 Å². The van der Waals surface area contributed by atoms with Crippen molar-refractivity contribution in [2.45, 2.75) is 0 Å². The van der Waals surface area contributed by atoms with Gasteiger partial charge in [-0.15, -0.1) is 10.1 Å². The zero-order chi connectivity index (χ0) is 10.7. The second-order valence-corrected chi connectivity index (χ2v) is 0.685. The SMILES string of the molecule is O=[N+]([O-])O.O=[N+]([O-])[O-].O=[N+]([O-])[O-].[Hg+2]. The van der Waals surface area contributed by atoms with Gasteiger partial charge in [0.25, 0.3) is 5.09 Å².